The fourth-order valence-corrected chi connectivity index (χ4v) is 3.48. The van der Waals surface area contributed by atoms with Crippen LogP contribution in [0.15, 0.2) is 42.5 Å². The number of carbonyl (C=O) groups excluding carboxylic acids is 2. The van der Waals surface area contributed by atoms with Crippen molar-refractivity contribution < 1.29 is 19.1 Å². The van der Waals surface area contributed by atoms with E-state index in [4.69, 9.17) is 21.1 Å². The Morgan fingerprint density at radius 2 is 2.00 bits per heavy atom. The number of hydrogen-bond acceptors (Lipinski definition) is 4. The van der Waals surface area contributed by atoms with Gasteiger partial charge in [-0.15, -0.1) is 0 Å². The lowest BCUT2D eigenvalue weighted by molar-refractivity contribution is -0.130. The standard InChI is InChI=1S/C21H22ClNO4/c1-13(27-21(25)17-12-15(22)10-11-19(17)26-2)20(24)23-18-9-5-7-14-6-3-4-8-16(14)18/h3-4,6,8,10-13,18H,5,7,9H2,1-2H3,(H,23,24)/t13-,18-/m1/s1. The minimum absolute atomic E-state index is 0.0655. The fourth-order valence-electron chi connectivity index (χ4n) is 3.31. The predicted octanol–water partition coefficient (Wildman–Crippen LogP) is 4.09. The van der Waals surface area contributed by atoms with E-state index in [-0.39, 0.29) is 17.5 Å². The van der Waals surface area contributed by atoms with Crippen molar-refractivity contribution in [3.8, 4) is 5.75 Å². The number of halogens is 1. The molecule has 0 bridgehead atoms. The summed E-state index contributed by atoms with van der Waals surface area (Å²) in [4.78, 5) is 25.0. The Bertz CT molecular complexity index is 852. The Hall–Kier alpha value is -2.53. The maximum Gasteiger partial charge on any atom is 0.342 e. The lowest BCUT2D eigenvalue weighted by atomic mass is 9.87. The average molecular weight is 388 g/mol. The van der Waals surface area contributed by atoms with E-state index in [1.54, 1.807) is 19.1 Å². The second-order valence-electron chi connectivity index (χ2n) is 6.54. The molecule has 1 aliphatic rings. The first-order chi connectivity index (χ1) is 13.0. The number of carbonyl (C=O) groups is 2. The van der Waals surface area contributed by atoms with Gasteiger partial charge in [-0.25, -0.2) is 4.79 Å². The fraction of sp³-hybridized carbons (Fsp3) is 0.333. The van der Waals surface area contributed by atoms with Crippen LogP contribution >= 0.6 is 11.6 Å². The zero-order valence-corrected chi connectivity index (χ0v) is 16.1. The van der Waals surface area contributed by atoms with Gasteiger partial charge in [0.05, 0.1) is 13.2 Å². The molecule has 0 spiro atoms. The van der Waals surface area contributed by atoms with E-state index in [2.05, 4.69) is 11.4 Å². The highest BCUT2D eigenvalue weighted by atomic mass is 35.5. The van der Waals surface area contributed by atoms with Gasteiger partial charge in [0, 0.05) is 5.02 Å². The van der Waals surface area contributed by atoms with Crippen molar-refractivity contribution in [3.63, 3.8) is 0 Å². The summed E-state index contributed by atoms with van der Waals surface area (Å²) in [5.74, 6) is -0.634. The molecule has 1 amide bonds. The van der Waals surface area contributed by atoms with Gasteiger partial charge in [-0.3, -0.25) is 4.79 Å². The van der Waals surface area contributed by atoms with Crippen LogP contribution in [-0.4, -0.2) is 25.1 Å². The second kappa shape index (κ2) is 8.44. The van der Waals surface area contributed by atoms with E-state index in [0.717, 1.165) is 24.8 Å². The number of fused-ring (bicyclic) bond motifs is 1. The zero-order valence-electron chi connectivity index (χ0n) is 15.3. The quantitative estimate of drug-likeness (QED) is 0.785. The van der Waals surface area contributed by atoms with E-state index in [0.29, 0.717) is 10.8 Å². The molecule has 0 heterocycles. The molecule has 1 N–H and O–H groups in total. The van der Waals surface area contributed by atoms with Crippen LogP contribution in [0.2, 0.25) is 5.02 Å². The Morgan fingerprint density at radius 3 is 2.78 bits per heavy atom. The summed E-state index contributed by atoms with van der Waals surface area (Å²) in [6, 6.07) is 12.7. The molecule has 2 aromatic carbocycles. The first-order valence-electron chi connectivity index (χ1n) is 8.92. The van der Waals surface area contributed by atoms with Crippen LogP contribution in [0.3, 0.4) is 0 Å². The molecule has 27 heavy (non-hydrogen) atoms. The minimum atomic E-state index is -0.935. The van der Waals surface area contributed by atoms with Gasteiger partial charge in [0.2, 0.25) is 0 Å². The van der Waals surface area contributed by atoms with Crippen molar-refractivity contribution in [2.24, 2.45) is 0 Å². The highest BCUT2D eigenvalue weighted by Gasteiger charge is 2.26. The number of rotatable bonds is 5. The third-order valence-electron chi connectivity index (χ3n) is 4.72. The number of methoxy groups -OCH3 is 1. The number of nitrogens with one attached hydrogen (secondary N) is 1. The van der Waals surface area contributed by atoms with Gasteiger partial charge in [0.1, 0.15) is 11.3 Å². The Balaban J connectivity index is 1.67. The largest absolute Gasteiger partial charge is 0.496 e. The molecule has 6 heteroatoms. The number of ether oxygens (including phenoxy) is 2. The highest BCUT2D eigenvalue weighted by molar-refractivity contribution is 6.31. The smallest absolute Gasteiger partial charge is 0.342 e. The molecule has 142 valence electrons. The summed E-state index contributed by atoms with van der Waals surface area (Å²) in [5, 5.41) is 3.39. The van der Waals surface area contributed by atoms with E-state index in [1.165, 1.54) is 18.7 Å². The van der Waals surface area contributed by atoms with Gasteiger partial charge in [0.15, 0.2) is 6.10 Å². The van der Waals surface area contributed by atoms with Gasteiger partial charge in [0.25, 0.3) is 5.91 Å². The molecule has 0 unspecified atom stereocenters. The van der Waals surface area contributed by atoms with Crippen LogP contribution in [0.5, 0.6) is 5.75 Å². The molecule has 0 aliphatic heterocycles. The summed E-state index contributed by atoms with van der Waals surface area (Å²) in [7, 11) is 1.46. The van der Waals surface area contributed by atoms with Gasteiger partial charge < -0.3 is 14.8 Å². The lowest BCUT2D eigenvalue weighted by Crippen LogP contribution is -2.39. The molecular formula is C21H22ClNO4. The van der Waals surface area contributed by atoms with Crippen LogP contribution in [0, 0.1) is 0 Å². The summed E-state index contributed by atoms with van der Waals surface area (Å²) >= 11 is 5.95. The predicted molar refractivity (Wildman–Crippen MR) is 103 cm³/mol. The molecule has 0 saturated heterocycles. The molecule has 0 aromatic heterocycles. The van der Waals surface area contributed by atoms with Crippen LogP contribution < -0.4 is 10.1 Å². The summed E-state index contributed by atoms with van der Waals surface area (Å²) in [6.07, 6.45) is 1.96. The first-order valence-corrected chi connectivity index (χ1v) is 9.30. The molecule has 0 fully saturated rings. The summed E-state index contributed by atoms with van der Waals surface area (Å²) in [5.41, 5.74) is 2.57. The number of amides is 1. The summed E-state index contributed by atoms with van der Waals surface area (Å²) < 4.78 is 10.5. The third kappa shape index (κ3) is 4.42. The van der Waals surface area contributed by atoms with Crippen molar-refractivity contribution in [2.75, 3.05) is 7.11 Å². The molecular weight excluding hydrogens is 366 g/mol. The number of aryl methyl sites for hydroxylation is 1. The number of hydrogen-bond donors (Lipinski definition) is 1. The van der Waals surface area contributed by atoms with Gasteiger partial charge in [-0.1, -0.05) is 35.9 Å². The monoisotopic (exact) mass is 387 g/mol. The third-order valence-corrected chi connectivity index (χ3v) is 4.96. The Kier molecular flexibility index (Phi) is 6.01. The van der Waals surface area contributed by atoms with Crippen LogP contribution in [-0.2, 0) is 16.0 Å². The first kappa shape index (κ1) is 19.2. The Morgan fingerprint density at radius 1 is 1.22 bits per heavy atom. The van der Waals surface area contributed by atoms with E-state index < -0.39 is 12.1 Å². The lowest BCUT2D eigenvalue weighted by Gasteiger charge is -2.27. The molecule has 2 aromatic rings. The molecule has 5 nitrogen and oxygen atoms in total. The number of esters is 1. The normalized spacial score (nSPS) is 16.8. The van der Waals surface area contributed by atoms with Crippen molar-refractivity contribution in [2.45, 2.75) is 38.3 Å². The Labute approximate surface area is 163 Å². The van der Waals surface area contributed by atoms with Crippen LogP contribution in [0.1, 0.15) is 47.3 Å². The summed E-state index contributed by atoms with van der Waals surface area (Å²) in [6.45, 7) is 1.55. The van der Waals surface area contributed by atoms with Gasteiger partial charge >= 0.3 is 5.97 Å². The van der Waals surface area contributed by atoms with Crippen molar-refractivity contribution in [3.05, 3.63) is 64.2 Å². The van der Waals surface area contributed by atoms with Crippen molar-refractivity contribution in [1.29, 1.82) is 0 Å². The maximum atomic E-state index is 12.6. The van der Waals surface area contributed by atoms with Crippen LogP contribution in [0.25, 0.3) is 0 Å². The SMILES string of the molecule is COc1ccc(Cl)cc1C(=O)O[C@H](C)C(=O)N[C@@H]1CCCc2ccccc21. The molecule has 3 rings (SSSR count). The molecule has 2 atom stereocenters. The van der Waals surface area contributed by atoms with E-state index in [9.17, 15) is 9.59 Å². The van der Waals surface area contributed by atoms with Crippen molar-refractivity contribution in [1.82, 2.24) is 5.32 Å². The van der Waals surface area contributed by atoms with Gasteiger partial charge in [-0.2, -0.15) is 0 Å². The average Bonchev–Trinajstić information content (AvgIpc) is 2.68. The van der Waals surface area contributed by atoms with Crippen LogP contribution in [0.4, 0.5) is 0 Å². The maximum absolute atomic E-state index is 12.6. The number of benzene rings is 2. The van der Waals surface area contributed by atoms with Gasteiger partial charge in [-0.05, 0) is 55.5 Å². The van der Waals surface area contributed by atoms with E-state index in [1.807, 2.05) is 18.2 Å². The molecule has 0 saturated carbocycles. The highest BCUT2D eigenvalue weighted by Crippen LogP contribution is 2.29. The molecule has 0 radical (unpaired) electrons. The topological polar surface area (TPSA) is 64.6 Å². The second-order valence-corrected chi connectivity index (χ2v) is 6.98. The zero-order chi connectivity index (χ0) is 19.4. The van der Waals surface area contributed by atoms with Crippen molar-refractivity contribution >= 4 is 23.5 Å². The molecule has 1 aliphatic carbocycles. The minimum Gasteiger partial charge on any atom is -0.496 e. The van der Waals surface area contributed by atoms with E-state index >= 15 is 0 Å².